The molecule has 4 nitrogen and oxygen atoms in total. The highest BCUT2D eigenvalue weighted by Gasteiger charge is 2.33. The van der Waals surface area contributed by atoms with Crippen LogP contribution in [0.25, 0.3) is 16.8 Å². The van der Waals surface area contributed by atoms with Gasteiger partial charge >= 0.3 is 0 Å². The fourth-order valence-electron chi connectivity index (χ4n) is 3.36. The van der Waals surface area contributed by atoms with E-state index >= 15 is 0 Å². The van der Waals surface area contributed by atoms with Crippen molar-refractivity contribution in [2.24, 2.45) is 4.99 Å². The number of para-hydroxylation sites is 1. The Bertz CT molecular complexity index is 1110. The van der Waals surface area contributed by atoms with Gasteiger partial charge in [0.05, 0.1) is 17.7 Å². The average Bonchev–Trinajstić information content (AvgIpc) is 3.04. The van der Waals surface area contributed by atoms with Crippen LogP contribution in [0.15, 0.2) is 76.6 Å². The number of fused-ring (bicyclic) bond motifs is 1. The standard InChI is InChI=1S/C24H22N2O2S/c1-3-15-26-23(27)22(29-24(26)25-18-10-5-4-6-11-18)16-20-19-12-8-7-9-17(19)13-14-21(20)28-2/h4-14,16H,3,15H2,1-2H3/b22-16+,25-24?. The van der Waals surface area contributed by atoms with Crippen molar-refractivity contribution in [3.63, 3.8) is 0 Å². The lowest BCUT2D eigenvalue weighted by atomic mass is 10.0. The molecule has 0 aliphatic carbocycles. The first-order chi connectivity index (χ1) is 14.2. The molecule has 3 aromatic rings. The summed E-state index contributed by atoms with van der Waals surface area (Å²) in [5, 5.41) is 2.89. The van der Waals surface area contributed by atoms with Gasteiger partial charge in [-0.3, -0.25) is 9.69 Å². The number of hydrogen-bond acceptors (Lipinski definition) is 4. The van der Waals surface area contributed by atoms with Crippen molar-refractivity contribution >= 4 is 45.4 Å². The zero-order valence-electron chi connectivity index (χ0n) is 16.5. The molecule has 0 radical (unpaired) electrons. The van der Waals surface area contributed by atoms with Crippen LogP contribution in [0, 0.1) is 0 Å². The minimum absolute atomic E-state index is 0.0125. The Morgan fingerprint density at radius 3 is 2.55 bits per heavy atom. The summed E-state index contributed by atoms with van der Waals surface area (Å²) in [5.41, 5.74) is 1.76. The van der Waals surface area contributed by atoms with Gasteiger partial charge in [-0.25, -0.2) is 4.99 Å². The van der Waals surface area contributed by atoms with Gasteiger partial charge in [0.2, 0.25) is 0 Å². The van der Waals surface area contributed by atoms with E-state index in [0.29, 0.717) is 16.6 Å². The molecule has 0 saturated carbocycles. The second kappa shape index (κ2) is 8.53. The molecule has 1 amide bonds. The topological polar surface area (TPSA) is 41.9 Å². The maximum Gasteiger partial charge on any atom is 0.266 e. The predicted octanol–water partition coefficient (Wildman–Crippen LogP) is 5.86. The van der Waals surface area contributed by atoms with Crippen LogP contribution in [0.4, 0.5) is 5.69 Å². The van der Waals surface area contributed by atoms with E-state index in [1.165, 1.54) is 11.8 Å². The van der Waals surface area contributed by atoms with Crippen LogP contribution < -0.4 is 4.74 Å². The molecule has 29 heavy (non-hydrogen) atoms. The zero-order chi connectivity index (χ0) is 20.2. The van der Waals surface area contributed by atoms with E-state index in [0.717, 1.165) is 34.2 Å². The highest BCUT2D eigenvalue weighted by molar-refractivity contribution is 8.18. The monoisotopic (exact) mass is 402 g/mol. The second-order valence-electron chi connectivity index (χ2n) is 6.70. The molecule has 1 aliphatic heterocycles. The largest absolute Gasteiger partial charge is 0.496 e. The summed E-state index contributed by atoms with van der Waals surface area (Å²) in [4.78, 5) is 20.3. The fourth-order valence-corrected chi connectivity index (χ4v) is 4.37. The molecule has 4 rings (SSSR count). The predicted molar refractivity (Wildman–Crippen MR) is 122 cm³/mol. The van der Waals surface area contributed by atoms with Gasteiger partial charge < -0.3 is 4.74 Å². The van der Waals surface area contributed by atoms with Gasteiger partial charge in [-0.1, -0.05) is 55.5 Å². The van der Waals surface area contributed by atoms with Gasteiger partial charge in [-0.2, -0.15) is 0 Å². The van der Waals surface area contributed by atoms with E-state index in [1.807, 2.05) is 60.7 Å². The summed E-state index contributed by atoms with van der Waals surface area (Å²) < 4.78 is 5.59. The van der Waals surface area contributed by atoms with Crippen LogP contribution in [0.3, 0.4) is 0 Å². The minimum Gasteiger partial charge on any atom is -0.496 e. The van der Waals surface area contributed by atoms with Crippen molar-refractivity contribution in [2.45, 2.75) is 13.3 Å². The van der Waals surface area contributed by atoms with E-state index in [9.17, 15) is 4.79 Å². The smallest absolute Gasteiger partial charge is 0.266 e. The highest BCUT2D eigenvalue weighted by Crippen LogP contribution is 2.37. The SMILES string of the molecule is CCCN1C(=O)/C(=C\c2c(OC)ccc3ccccc23)SC1=Nc1ccccc1. The summed E-state index contributed by atoms with van der Waals surface area (Å²) in [6.45, 7) is 2.70. The molecule has 3 aromatic carbocycles. The van der Waals surface area contributed by atoms with E-state index < -0.39 is 0 Å². The number of hydrogen-bond donors (Lipinski definition) is 0. The van der Waals surface area contributed by atoms with E-state index in [2.05, 4.69) is 19.1 Å². The quantitative estimate of drug-likeness (QED) is 0.502. The summed E-state index contributed by atoms with van der Waals surface area (Å²) in [6.07, 6.45) is 2.80. The van der Waals surface area contributed by atoms with Crippen LogP contribution in [0.2, 0.25) is 0 Å². The molecule has 1 aliphatic rings. The first-order valence-electron chi connectivity index (χ1n) is 9.62. The first kappa shape index (κ1) is 19.3. The number of amides is 1. The molecule has 0 atom stereocenters. The summed E-state index contributed by atoms with van der Waals surface area (Å²) in [5.74, 6) is 0.738. The lowest BCUT2D eigenvalue weighted by molar-refractivity contribution is -0.122. The number of aliphatic imine (C=N–C) groups is 1. The number of ether oxygens (including phenoxy) is 1. The number of rotatable bonds is 5. The van der Waals surface area contributed by atoms with Gasteiger partial charge in [0.25, 0.3) is 5.91 Å². The van der Waals surface area contributed by atoms with Gasteiger partial charge in [0, 0.05) is 12.1 Å². The van der Waals surface area contributed by atoms with E-state index in [4.69, 9.17) is 9.73 Å². The fraction of sp³-hybridized carbons (Fsp3) is 0.167. The normalized spacial score (nSPS) is 16.9. The number of nitrogens with zero attached hydrogens (tertiary/aromatic N) is 2. The Morgan fingerprint density at radius 1 is 1.03 bits per heavy atom. The Morgan fingerprint density at radius 2 is 1.79 bits per heavy atom. The number of amidine groups is 1. The van der Waals surface area contributed by atoms with Crippen molar-refractivity contribution in [3.05, 3.63) is 77.2 Å². The van der Waals surface area contributed by atoms with Gasteiger partial charge in [-0.05, 0) is 53.2 Å². The molecule has 0 aromatic heterocycles. The van der Waals surface area contributed by atoms with Crippen LogP contribution in [-0.2, 0) is 4.79 Å². The van der Waals surface area contributed by atoms with E-state index in [1.54, 1.807) is 12.0 Å². The van der Waals surface area contributed by atoms with Crippen molar-refractivity contribution < 1.29 is 9.53 Å². The van der Waals surface area contributed by atoms with Crippen LogP contribution >= 0.6 is 11.8 Å². The molecule has 0 N–H and O–H groups in total. The first-order valence-corrected chi connectivity index (χ1v) is 10.4. The maximum absolute atomic E-state index is 13.2. The molecule has 5 heteroatoms. The van der Waals surface area contributed by atoms with Crippen molar-refractivity contribution in [2.75, 3.05) is 13.7 Å². The molecule has 0 unspecified atom stereocenters. The molecule has 0 spiro atoms. The summed E-state index contributed by atoms with van der Waals surface area (Å²) in [6, 6.07) is 21.8. The van der Waals surface area contributed by atoms with Crippen molar-refractivity contribution in [3.8, 4) is 5.75 Å². The van der Waals surface area contributed by atoms with Gasteiger partial charge in [0.1, 0.15) is 5.75 Å². The Hall–Kier alpha value is -3.05. The Kier molecular flexibility index (Phi) is 5.67. The third-order valence-electron chi connectivity index (χ3n) is 4.74. The third kappa shape index (κ3) is 3.91. The second-order valence-corrected chi connectivity index (χ2v) is 7.71. The van der Waals surface area contributed by atoms with E-state index in [-0.39, 0.29) is 5.91 Å². The van der Waals surface area contributed by atoms with Crippen molar-refractivity contribution in [1.29, 1.82) is 0 Å². The molecule has 0 bridgehead atoms. The molecule has 146 valence electrons. The van der Waals surface area contributed by atoms with Crippen molar-refractivity contribution in [1.82, 2.24) is 4.90 Å². The highest BCUT2D eigenvalue weighted by atomic mass is 32.2. The molecular weight excluding hydrogens is 380 g/mol. The number of methoxy groups -OCH3 is 1. The lowest BCUT2D eigenvalue weighted by Gasteiger charge is -2.14. The molecule has 1 saturated heterocycles. The number of benzene rings is 3. The van der Waals surface area contributed by atoms with Crippen LogP contribution in [0.5, 0.6) is 5.75 Å². The Balaban J connectivity index is 1.80. The Labute approximate surface area is 174 Å². The summed E-state index contributed by atoms with van der Waals surface area (Å²) >= 11 is 1.42. The number of thioether (sulfide) groups is 1. The van der Waals surface area contributed by atoms with Gasteiger partial charge in [-0.15, -0.1) is 0 Å². The third-order valence-corrected chi connectivity index (χ3v) is 5.75. The minimum atomic E-state index is -0.0125. The molecule has 1 heterocycles. The van der Waals surface area contributed by atoms with Crippen LogP contribution in [0.1, 0.15) is 18.9 Å². The molecular formula is C24H22N2O2S. The lowest BCUT2D eigenvalue weighted by Crippen LogP contribution is -2.29. The van der Waals surface area contributed by atoms with Crippen LogP contribution in [-0.4, -0.2) is 29.6 Å². The zero-order valence-corrected chi connectivity index (χ0v) is 17.3. The molecule has 1 fully saturated rings. The number of carbonyl (C=O) groups excluding carboxylic acids is 1. The van der Waals surface area contributed by atoms with Gasteiger partial charge in [0.15, 0.2) is 5.17 Å². The maximum atomic E-state index is 13.2. The number of carbonyl (C=O) groups is 1. The summed E-state index contributed by atoms with van der Waals surface area (Å²) in [7, 11) is 1.65. The average molecular weight is 403 g/mol.